The standard InChI is InChI=1S/C17H19FN2O3/c1-23-16-8-7-13(11-14(16)18)19-17(22)20-15(9-10-21)12-5-3-2-4-6-12/h2-8,11,15,21H,9-10H2,1H3,(H2,19,20,22)/t15-/m1/s1. The van der Waals surface area contributed by atoms with Crippen molar-refractivity contribution in [2.24, 2.45) is 0 Å². The SMILES string of the molecule is COc1ccc(NC(=O)N[C@H](CCO)c2ccccc2)cc1F. The van der Waals surface area contributed by atoms with E-state index < -0.39 is 11.8 Å². The van der Waals surface area contributed by atoms with Crippen LogP contribution < -0.4 is 15.4 Å². The number of aliphatic hydroxyl groups excluding tert-OH is 1. The molecule has 0 radical (unpaired) electrons. The van der Waals surface area contributed by atoms with E-state index in [1.807, 2.05) is 30.3 Å². The van der Waals surface area contributed by atoms with Gasteiger partial charge in [-0.05, 0) is 24.1 Å². The summed E-state index contributed by atoms with van der Waals surface area (Å²) in [6.45, 7) is -0.0585. The fourth-order valence-electron chi connectivity index (χ4n) is 2.21. The van der Waals surface area contributed by atoms with Crippen molar-refractivity contribution in [1.82, 2.24) is 5.32 Å². The van der Waals surface area contributed by atoms with Gasteiger partial charge in [0.15, 0.2) is 11.6 Å². The minimum Gasteiger partial charge on any atom is -0.494 e. The van der Waals surface area contributed by atoms with Crippen LogP contribution in [0.2, 0.25) is 0 Å². The van der Waals surface area contributed by atoms with Gasteiger partial charge in [0, 0.05) is 18.4 Å². The van der Waals surface area contributed by atoms with E-state index in [2.05, 4.69) is 10.6 Å². The number of carbonyl (C=O) groups excluding carboxylic acids is 1. The average Bonchev–Trinajstić information content (AvgIpc) is 2.55. The summed E-state index contributed by atoms with van der Waals surface area (Å²) < 4.78 is 18.4. The second-order valence-electron chi connectivity index (χ2n) is 4.92. The molecule has 0 unspecified atom stereocenters. The van der Waals surface area contributed by atoms with Crippen molar-refractivity contribution in [3.63, 3.8) is 0 Å². The Bertz CT molecular complexity index is 650. The van der Waals surface area contributed by atoms with Gasteiger partial charge in [-0.1, -0.05) is 30.3 Å². The maximum Gasteiger partial charge on any atom is 0.319 e. The first-order valence-corrected chi connectivity index (χ1v) is 7.21. The van der Waals surface area contributed by atoms with Crippen LogP contribution in [0.1, 0.15) is 18.0 Å². The molecule has 2 aromatic carbocycles. The molecule has 0 spiro atoms. The maximum absolute atomic E-state index is 13.6. The van der Waals surface area contributed by atoms with E-state index in [0.717, 1.165) is 5.56 Å². The molecule has 2 rings (SSSR count). The van der Waals surface area contributed by atoms with E-state index in [4.69, 9.17) is 9.84 Å². The van der Waals surface area contributed by atoms with Gasteiger partial charge in [0.1, 0.15) is 0 Å². The van der Waals surface area contributed by atoms with E-state index in [0.29, 0.717) is 12.1 Å². The van der Waals surface area contributed by atoms with E-state index >= 15 is 0 Å². The molecule has 0 heterocycles. The van der Waals surface area contributed by atoms with Crippen LogP contribution >= 0.6 is 0 Å². The quantitative estimate of drug-likeness (QED) is 0.766. The van der Waals surface area contributed by atoms with E-state index in [-0.39, 0.29) is 18.4 Å². The molecule has 2 aromatic rings. The average molecular weight is 318 g/mol. The minimum absolute atomic E-state index is 0.0585. The summed E-state index contributed by atoms with van der Waals surface area (Å²) in [5.74, 6) is -0.446. The number of hydrogen-bond donors (Lipinski definition) is 3. The van der Waals surface area contributed by atoms with Crippen molar-refractivity contribution in [1.29, 1.82) is 0 Å². The number of ether oxygens (including phenoxy) is 1. The summed E-state index contributed by atoms with van der Waals surface area (Å²) in [5.41, 5.74) is 1.20. The molecular formula is C17H19FN2O3. The van der Waals surface area contributed by atoms with Crippen LogP contribution in [0.5, 0.6) is 5.75 Å². The van der Waals surface area contributed by atoms with Crippen LogP contribution in [0.15, 0.2) is 48.5 Å². The van der Waals surface area contributed by atoms with E-state index in [9.17, 15) is 9.18 Å². The fraction of sp³-hybridized carbons (Fsp3) is 0.235. The molecule has 0 aromatic heterocycles. The molecule has 5 nitrogen and oxygen atoms in total. The first-order valence-electron chi connectivity index (χ1n) is 7.21. The zero-order chi connectivity index (χ0) is 16.7. The Morgan fingerprint density at radius 3 is 2.61 bits per heavy atom. The van der Waals surface area contributed by atoms with Gasteiger partial charge >= 0.3 is 6.03 Å². The van der Waals surface area contributed by atoms with Crippen LogP contribution in [0.3, 0.4) is 0 Å². The van der Waals surface area contributed by atoms with Crippen LogP contribution in [-0.2, 0) is 0 Å². The highest BCUT2D eigenvalue weighted by molar-refractivity contribution is 5.89. The van der Waals surface area contributed by atoms with Gasteiger partial charge < -0.3 is 20.5 Å². The van der Waals surface area contributed by atoms with Crippen molar-refractivity contribution in [3.05, 3.63) is 59.9 Å². The number of anilines is 1. The molecule has 3 N–H and O–H groups in total. The number of methoxy groups -OCH3 is 1. The Morgan fingerprint density at radius 1 is 1.26 bits per heavy atom. The number of nitrogens with one attached hydrogen (secondary N) is 2. The molecule has 0 aliphatic rings. The number of benzene rings is 2. The summed E-state index contributed by atoms with van der Waals surface area (Å²) in [5, 5.41) is 14.5. The zero-order valence-electron chi connectivity index (χ0n) is 12.8. The molecule has 1 atom stereocenters. The van der Waals surface area contributed by atoms with Crippen molar-refractivity contribution >= 4 is 11.7 Å². The maximum atomic E-state index is 13.6. The lowest BCUT2D eigenvalue weighted by Crippen LogP contribution is -2.33. The minimum atomic E-state index is -0.555. The lowest BCUT2D eigenvalue weighted by Gasteiger charge is -2.19. The summed E-state index contributed by atoms with van der Waals surface area (Å²) in [6, 6.07) is 12.7. The molecule has 0 aliphatic carbocycles. The lowest BCUT2D eigenvalue weighted by molar-refractivity contribution is 0.239. The number of carbonyl (C=O) groups is 1. The lowest BCUT2D eigenvalue weighted by atomic mass is 10.0. The van der Waals surface area contributed by atoms with Gasteiger partial charge in [0.2, 0.25) is 0 Å². The first-order chi connectivity index (χ1) is 11.1. The van der Waals surface area contributed by atoms with Gasteiger partial charge in [-0.15, -0.1) is 0 Å². The van der Waals surface area contributed by atoms with Gasteiger partial charge in [-0.2, -0.15) is 0 Å². The summed E-state index contributed by atoms with van der Waals surface area (Å²) >= 11 is 0. The molecule has 0 fully saturated rings. The third-order valence-corrected chi connectivity index (χ3v) is 3.33. The van der Waals surface area contributed by atoms with Crippen molar-refractivity contribution in [2.45, 2.75) is 12.5 Å². The number of hydrogen-bond acceptors (Lipinski definition) is 3. The predicted molar refractivity (Wildman–Crippen MR) is 86.0 cm³/mol. The number of halogens is 1. The van der Waals surface area contributed by atoms with Crippen LogP contribution in [0.4, 0.5) is 14.9 Å². The van der Waals surface area contributed by atoms with Crippen LogP contribution in [-0.4, -0.2) is 24.9 Å². The zero-order valence-corrected chi connectivity index (χ0v) is 12.8. The Labute approximate surface area is 134 Å². The second kappa shape index (κ2) is 8.14. The van der Waals surface area contributed by atoms with Crippen molar-refractivity contribution in [3.8, 4) is 5.75 Å². The first kappa shape index (κ1) is 16.8. The van der Waals surface area contributed by atoms with Gasteiger partial charge in [0.25, 0.3) is 0 Å². The van der Waals surface area contributed by atoms with Crippen LogP contribution in [0, 0.1) is 5.82 Å². The van der Waals surface area contributed by atoms with Crippen molar-refractivity contribution < 1.29 is 19.0 Å². The summed E-state index contributed by atoms with van der Waals surface area (Å²) in [4.78, 5) is 12.1. The largest absolute Gasteiger partial charge is 0.494 e. The third-order valence-electron chi connectivity index (χ3n) is 3.33. The Hall–Kier alpha value is -2.60. The molecule has 6 heteroatoms. The Morgan fingerprint density at radius 2 is 2.00 bits per heavy atom. The molecule has 0 bridgehead atoms. The van der Waals surface area contributed by atoms with Gasteiger partial charge in [-0.3, -0.25) is 0 Å². The topological polar surface area (TPSA) is 70.6 Å². The summed E-state index contributed by atoms with van der Waals surface area (Å²) in [6.07, 6.45) is 0.383. The normalized spacial score (nSPS) is 11.6. The number of amides is 2. The molecule has 0 saturated heterocycles. The smallest absolute Gasteiger partial charge is 0.319 e. The van der Waals surface area contributed by atoms with Gasteiger partial charge in [0.05, 0.1) is 13.2 Å². The number of rotatable bonds is 6. The third kappa shape index (κ3) is 4.69. The van der Waals surface area contributed by atoms with E-state index in [1.165, 1.54) is 19.2 Å². The molecule has 2 amide bonds. The Balaban J connectivity index is 2.03. The highest BCUT2D eigenvalue weighted by Crippen LogP contribution is 2.21. The molecule has 122 valence electrons. The highest BCUT2D eigenvalue weighted by Gasteiger charge is 2.14. The summed E-state index contributed by atoms with van der Waals surface area (Å²) in [7, 11) is 1.37. The second-order valence-corrected chi connectivity index (χ2v) is 4.92. The fourth-order valence-corrected chi connectivity index (χ4v) is 2.21. The van der Waals surface area contributed by atoms with E-state index in [1.54, 1.807) is 6.07 Å². The Kier molecular flexibility index (Phi) is 5.94. The van der Waals surface area contributed by atoms with Crippen LogP contribution in [0.25, 0.3) is 0 Å². The highest BCUT2D eigenvalue weighted by atomic mass is 19.1. The molecular weight excluding hydrogens is 299 g/mol. The monoisotopic (exact) mass is 318 g/mol. The molecule has 23 heavy (non-hydrogen) atoms. The number of aliphatic hydroxyl groups is 1. The molecule has 0 saturated carbocycles. The number of urea groups is 1. The molecule has 0 aliphatic heterocycles. The predicted octanol–water partition coefficient (Wildman–Crippen LogP) is 3.08. The van der Waals surface area contributed by atoms with Gasteiger partial charge in [-0.25, -0.2) is 9.18 Å². The van der Waals surface area contributed by atoms with Crippen molar-refractivity contribution in [2.75, 3.05) is 19.0 Å².